The Hall–Kier alpha value is -2.94. The number of urea groups is 1. The van der Waals surface area contributed by atoms with Gasteiger partial charge in [0.05, 0.1) is 25.3 Å². The Labute approximate surface area is 213 Å². The number of carbonyl (C=O) groups excluding carboxylic acids is 4. The number of rotatable bonds is 10. The van der Waals surface area contributed by atoms with Crippen LogP contribution in [0.15, 0.2) is 30.3 Å². The predicted octanol–water partition coefficient (Wildman–Crippen LogP) is 2.85. The molecule has 1 heterocycles. The quantitative estimate of drug-likeness (QED) is 0.427. The molecular formula is C27H40N4O5. The number of ether oxygens (including phenoxy) is 1. The molecule has 1 aromatic rings. The molecule has 2 aliphatic rings. The fraction of sp³-hybridized carbons (Fsp3) is 0.630. The number of ketones is 1. The molecule has 1 aliphatic carbocycles. The highest BCUT2D eigenvalue weighted by molar-refractivity contribution is 6.38. The van der Waals surface area contributed by atoms with Crippen molar-refractivity contribution in [3.8, 4) is 0 Å². The predicted molar refractivity (Wildman–Crippen MR) is 136 cm³/mol. The molecule has 4 amide bonds. The number of nitrogens with zero attached hydrogens (tertiary/aromatic N) is 1. The van der Waals surface area contributed by atoms with Gasteiger partial charge >= 0.3 is 6.03 Å². The molecule has 2 fully saturated rings. The summed E-state index contributed by atoms with van der Waals surface area (Å²) in [5, 5.41) is 8.61. The van der Waals surface area contributed by atoms with Crippen molar-refractivity contribution in [3.63, 3.8) is 0 Å². The van der Waals surface area contributed by atoms with E-state index in [1.165, 1.54) is 0 Å². The van der Waals surface area contributed by atoms with Gasteiger partial charge in [0.25, 0.3) is 5.91 Å². The molecule has 36 heavy (non-hydrogen) atoms. The maximum Gasteiger partial charge on any atom is 0.318 e. The van der Waals surface area contributed by atoms with Crippen molar-refractivity contribution in [1.82, 2.24) is 20.9 Å². The molecule has 1 saturated heterocycles. The van der Waals surface area contributed by atoms with Crippen LogP contribution < -0.4 is 16.0 Å². The summed E-state index contributed by atoms with van der Waals surface area (Å²) in [5.74, 6) is -1.77. The zero-order valence-electron chi connectivity index (χ0n) is 21.5. The zero-order valence-corrected chi connectivity index (χ0v) is 21.5. The number of hydrogen-bond acceptors (Lipinski definition) is 5. The van der Waals surface area contributed by atoms with Gasteiger partial charge in [-0.15, -0.1) is 0 Å². The van der Waals surface area contributed by atoms with E-state index in [-0.39, 0.29) is 18.0 Å². The maximum absolute atomic E-state index is 13.6. The lowest BCUT2D eigenvalue weighted by molar-refractivity contribution is -0.141. The van der Waals surface area contributed by atoms with Gasteiger partial charge in [-0.25, -0.2) is 4.79 Å². The molecule has 1 aliphatic heterocycles. The Morgan fingerprint density at radius 3 is 2.31 bits per heavy atom. The van der Waals surface area contributed by atoms with Gasteiger partial charge in [-0.2, -0.15) is 0 Å². The number of carbonyl (C=O) groups is 4. The zero-order chi connectivity index (χ0) is 26.0. The van der Waals surface area contributed by atoms with E-state index in [9.17, 15) is 19.2 Å². The number of Topliss-reactive ketones (excluding diaryl/α,β-unsaturated/α-hetero) is 1. The number of amides is 4. The van der Waals surface area contributed by atoms with Crippen LogP contribution in [0.4, 0.5) is 4.79 Å². The van der Waals surface area contributed by atoms with Crippen molar-refractivity contribution >= 4 is 23.6 Å². The van der Waals surface area contributed by atoms with E-state index in [1.807, 2.05) is 44.2 Å². The van der Waals surface area contributed by atoms with E-state index in [2.05, 4.69) is 16.0 Å². The van der Waals surface area contributed by atoms with Gasteiger partial charge < -0.3 is 25.6 Å². The van der Waals surface area contributed by atoms with Crippen LogP contribution in [0.25, 0.3) is 0 Å². The van der Waals surface area contributed by atoms with Crippen LogP contribution >= 0.6 is 0 Å². The van der Waals surface area contributed by atoms with Crippen molar-refractivity contribution in [3.05, 3.63) is 35.9 Å². The molecule has 0 bridgehead atoms. The first-order valence-electron chi connectivity index (χ1n) is 13.2. The van der Waals surface area contributed by atoms with Gasteiger partial charge in [-0.1, -0.05) is 69.4 Å². The minimum Gasteiger partial charge on any atom is -0.378 e. The molecule has 1 aromatic carbocycles. The first-order valence-corrected chi connectivity index (χ1v) is 13.2. The summed E-state index contributed by atoms with van der Waals surface area (Å²) in [6.07, 6.45) is 5.47. The smallest absolute Gasteiger partial charge is 0.318 e. The Bertz CT molecular complexity index is 895. The van der Waals surface area contributed by atoms with Gasteiger partial charge in [-0.05, 0) is 31.7 Å². The van der Waals surface area contributed by atoms with E-state index in [0.29, 0.717) is 52.0 Å². The average molecular weight is 501 g/mol. The largest absolute Gasteiger partial charge is 0.378 e. The molecule has 3 N–H and O–H groups in total. The SMILES string of the molecule is CCCC[C@H](NC(=O)C1(NC(=O)N2CCOCC2)CCCCC1)C(=O)C(=O)NC(C)c1ccccc1. The van der Waals surface area contributed by atoms with E-state index in [0.717, 1.165) is 31.2 Å². The minimum atomic E-state index is -1.09. The van der Waals surface area contributed by atoms with Crippen molar-refractivity contribution in [2.24, 2.45) is 0 Å². The second kappa shape index (κ2) is 13.4. The van der Waals surface area contributed by atoms with Crippen LogP contribution in [-0.4, -0.2) is 66.4 Å². The van der Waals surface area contributed by atoms with Crippen LogP contribution in [0.1, 0.15) is 76.8 Å². The summed E-state index contributed by atoms with van der Waals surface area (Å²) in [6.45, 7) is 5.69. The maximum atomic E-state index is 13.6. The van der Waals surface area contributed by atoms with E-state index in [4.69, 9.17) is 4.74 Å². The fourth-order valence-corrected chi connectivity index (χ4v) is 4.84. The highest BCUT2D eigenvalue weighted by Crippen LogP contribution is 2.29. The molecule has 1 saturated carbocycles. The highest BCUT2D eigenvalue weighted by atomic mass is 16.5. The number of nitrogens with one attached hydrogen (secondary N) is 3. The summed E-state index contributed by atoms with van der Waals surface area (Å²) in [7, 11) is 0. The molecule has 198 valence electrons. The second-order valence-corrected chi connectivity index (χ2v) is 9.81. The van der Waals surface area contributed by atoms with Crippen LogP contribution in [0.2, 0.25) is 0 Å². The average Bonchev–Trinajstić information content (AvgIpc) is 2.91. The van der Waals surface area contributed by atoms with E-state index < -0.39 is 23.3 Å². The minimum absolute atomic E-state index is 0.291. The molecular weight excluding hydrogens is 460 g/mol. The Morgan fingerprint density at radius 2 is 1.67 bits per heavy atom. The molecule has 0 aromatic heterocycles. The third-order valence-electron chi connectivity index (χ3n) is 7.13. The van der Waals surface area contributed by atoms with Gasteiger partial charge in [0, 0.05) is 13.1 Å². The van der Waals surface area contributed by atoms with Crippen molar-refractivity contribution in [1.29, 1.82) is 0 Å². The molecule has 1 unspecified atom stereocenters. The van der Waals surface area contributed by atoms with E-state index >= 15 is 0 Å². The number of benzene rings is 1. The lowest BCUT2D eigenvalue weighted by Gasteiger charge is -2.39. The number of hydrogen-bond donors (Lipinski definition) is 3. The summed E-state index contributed by atoms with van der Waals surface area (Å²) in [6, 6.07) is 7.82. The second-order valence-electron chi connectivity index (χ2n) is 9.81. The van der Waals surface area contributed by atoms with Crippen molar-refractivity contribution < 1.29 is 23.9 Å². The third-order valence-corrected chi connectivity index (χ3v) is 7.13. The first kappa shape index (κ1) is 27.6. The highest BCUT2D eigenvalue weighted by Gasteiger charge is 2.43. The molecule has 9 heteroatoms. The first-order chi connectivity index (χ1) is 17.4. The molecule has 3 rings (SSSR count). The van der Waals surface area contributed by atoms with Crippen LogP contribution in [-0.2, 0) is 19.1 Å². The molecule has 0 radical (unpaired) electrons. The lowest BCUT2D eigenvalue weighted by atomic mass is 9.80. The van der Waals surface area contributed by atoms with Gasteiger partial charge in [-0.3, -0.25) is 14.4 Å². The summed E-state index contributed by atoms with van der Waals surface area (Å²) < 4.78 is 5.33. The third kappa shape index (κ3) is 7.29. The van der Waals surface area contributed by atoms with Gasteiger partial charge in [0.2, 0.25) is 11.7 Å². The summed E-state index contributed by atoms with van der Waals surface area (Å²) in [5.41, 5.74) is -0.202. The van der Waals surface area contributed by atoms with Gasteiger partial charge in [0.1, 0.15) is 5.54 Å². The fourth-order valence-electron chi connectivity index (χ4n) is 4.84. The normalized spacial score (nSPS) is 19.0. The molecule has 9 nitrogen and oxygen atoms in total. The summed E-state index contributed by atoms with van der Waals surface area (Å²) in [4.78, 5) is 54.3. The molecule has 0 spiro atoms. The monoisotopic (exact) mass is 500 g/mol. The van der Waals surface area contributed by atoms with Crippen LogP contribution in [0.5, 0.6) is 0 Å². The standard InChI is InChI=1S/C27H40N4O5/c1-3-4-13-22(23(32)24(33)28-20(2)21-11-7-5-8-12-21)29-25(34)27(14-9-6-10-15-27)30-26(35)31-16-18-36-19-17-31/h5,7-8,11-12,20,22H,3-4,6,9-10,13-19H2,1-2H3,(H,28,33)(H,29,34)(H,30,35)/t20?,22-/m0/s1. The van der Waals surface area contributed by atoms with Crippen molar-refractivity contribution in [2.45, 2.75) is 82.8 Å². The number of morpholine rings is 1. The Balaban J connectivity index is 1.70. The van der Waals surface area contributed by atoms with Crippen molar-refractivity contribution in [2.75, 3.05) is 26.3 Å². The van der Waals surface area contributed by atoms with Gasteiger partial charge in [0.15, 0.2) is 0 Å². The number of unbranched alkanes of at least 4 members (excludes halogenated alkanes) is 1. The Kier molecular flexibility index (Phi) is 10.3. The summed E-state index contributed by atoms with van der Waals surface area (Å²) >= 11 is 0. The Morgan fingerprint density at radius 1 is 1.00 bits per heavy atom. The topological polar surface area (TPSA) is 117 Å². The van der Waals surface area contributed by atoms with Crippen LogP contribution in [0, 0.1) is 0 Å². The van der Waals surface area contributed by atoms with Crippen LogP contribution in [0.3, 0.4) is 0 Å². The molecule has 2 atom stereocenters. The van der Waals surface area contributed by atoms with E-state index in [1.54, 1.807) is 4.90 Å². The lowest BCUT2D eigenvalue weighted by Crippen LogP contribution is -2.64.